The molecule has 0 saturated heterocycles. The molecule has 6 rings (SSSR count). The highest BCUT2D eigenvalue weighted by atomic mass is 32.3. The monoisotopic (exact) mass is 863 g/mol. The fourth-order valence-corrected chi connectivity index (χ4v) is 13.8. The van der Waals surface area contributed by atoms with Crippen molar-refractivity contribution in [3.8, 4) is 11.5 Å². The summed E-state index contributed by atoms with van der Waals surface area (Å²) in [5.74, 6) is 0.900. The fraction of sp³-hybridized carbons (Fsp3) is 0.171. The maximum absolute atomic E-state index is 14.8. The van der Waals surface area contributed by atoms with E-state index in [-0.39, 0.29) is 26.3 Å². The average molecular weight is 864 g/mol. The zero-order valence-electron chi connectivity index (χ0n) is 32.2. The number of fused-ring (bicyclic) bond motifs is 1. The number of methoxy groups -OCH3 is 2. The first-order valence-electron chi connectivity index (χ1n) is 17.6. The number of nitrogens with zero attached hydrogens (tertiary/aromatic N) is 3. The molecular weight excluding hydrogens is 823 g/mol. The lowest BCUT2D eigenvalue weighted by molar-refractivity contribution is 0.414. The van der Waals surface area contributed by atoms with Gasteiger partial charge in [-0.05, 0) is 84.8 Å². The summed E-state index contributed by atoms with van der Waals surface area (Å²) in [4.78, 5) is -0.238. The molecule has 0 bridgehead atoms. The second-order valence-corrected chi connectivity index (χ2v) is 21.3. The molecule has 0 aliphatic heterocycles. The lowest BCUT2D eigenvalue weighted by atomic mass is 10.1. The third kappa shape index (κ3) is 8.32. The number of aryl methyl sites for hydroxylation is 1. The largest absolute Gasteiger partial charge is 0.497 e. The van der Waals surface area contributed by atoms with Crippen LogP contribution < -0.4 is 14.4 Å². The van der Waals surface area contributed by atoms with Crippen molar-refractivity contribution < 1.29 is 43.1 Å². The third-order valence-corrected chi connectivity index (χ3v) is 17.8. The molecule has 0 amide bonds. The minimum Gasteiger partial charge on any atom is -0.497 e. The van der Waals surface area contributed by atoms with E-state index in [0.29, 0.717) is 30.0 Å². The van der Waals surface area contributed by atoms with Gasteiger partial charge in [-0.1, -0.05) is 79.7 Å². The first kappa shape index (κ1) is 42.3. The number of sulfonamides is 4. The normalized spacial score (nSPS) is 12.5. The molecule has 13 nitrogen and oxygen atoms in total. The molecule has 58 heavy (non-hydrogen) atoms. The highest BCUT2D eigenvalue weighted by Crippen LogP contribution is 2.36. The first-order valence-corrected chi connectivity index (χ1v) is 23.3. The summed E-state index contributed by atoms with van der Waals surface area (Å²) >= 11 is 0. The number of hydrogen-bond donors (Lipinski definition) is 0. The van der Waals surface area contributed by atoms with Crippen molar-refractivity contribution in [3.05, 3.63) is 150 Å². The minimum absolute atomic E-state index is 0.260. The van der Waals surface area contributed by atoms with E-state index in [1.807, 2.05) is 0 Å². The molecule has 0 saturated carbocycles. The van der Waals surface area contributed by atoms with Gasteiger partial charge in [0.2, 0.25) is 0 Å². The highest BCUT2D eigenvalue weighted by Gasteiger charge is 2.41. The van der Waals surface area contributed by atoms with Crippen LogP contribution in [0.15, 0.2) is 153 Å². The predicted molar refractivity (Wildman–Crippen MR) is 222 cm³/mol. The van der Waals surface area contributed by atoms with E-state index in [9.17, 15) is 33.7 Å². The van der Waals surface area contributed by atoms with Crippen LogP contribution in [0.2, 0.25) is 0 Å². The van der Waals surface area contributed by atoms with Crippen molar-refractivity contribution in [2.75, 3.05) is 33.2 Å². The summed E-state index contributed by atoms with van der Waals surface area (Å²) in [6, 6.07) is 31.4. The van der Waals surface area contributed by atoms with Gasteiger partial charge in [0.1, 0.15) is 11.5 Å². The zero-order chi connectivity index (χ0) is 42.0. The molecule has 6 aromatic carbocycles. The van der Waals surface area contributed by atoms with E-state index in [2.05, 4.69) is 0 Å². The fourth-order valence-electron chi connectivity index (χ4n) is 6.21. The lowest BCUT2D eigenvalue weighted by Crippen LogP contribution is -2.37. The quantitative estimate of drug-likeness (QED) is 0.112. The maximum Gasteiger partial charge on any atom is 0.257 e. The first-order chi connectivity index (χ1) is 27.4. The topological polar surface area (TPSA) is 165 Å². The molecular formula is C41H41N3O10S4. The van der Waals surface area contributed by atoms with Crippen LogP contribution in [0.3, 0.4) is 0 Å². The predicted octanol–water partition coefficient (Wildman–Crippen LogP) is 6.39. The van der Waals surface area contributed by atoms with E-state index in [1.54, 1.807) is 74.4 Å². The smallest absolute Gasteiger partial charge is 0.257 e. The highest BCUT2D eigenvalue weighted by molar-refractivity contribution is 8.04. The van der Waals surface area contributed by atoms with E-state index in [4.69, 9.17) is 9.47 Å². The maximum atomic E-state index is 14.8. The Kier molecular flexibility index (Phi) is 12.0. The summed E-state index contributed by atoms with van der Waals surface area (Å²) in [7, 11) is -13.4. The van der Waals surface area contributed by atoms with Crippen LogP contribution in [-0.4, -0.2) is 69.4 Å². The van der Waals surface area contributed by atoms with Crippen molar-refractivity contribution >= 4 is 56.6 Å². The molecule has 0 fully saturated rings. The van der Waals surface area contributed by atoms with Crippen LogP contribution in [0.4, 0.5) is 5.69 Å². The number of anilines is 1. The van der Waals surface area contributed by atoms with Crippen molar-refractivity contribution in [2.24, 2.45) is 0 Å². The van der Waals surface area contributed by atoms with Crippen LogP contribution in [0.5, 0.6) is 11.5 Å². The average Bonchev–Trinajstić information content (AvgIpc) is 3.21. The second-order valence-electron chi connectivity index (χ2n) is 13.4. The summed E-state index contributed by atoms with van der Waals surface area (Å²) < 4.78 is 128. The Morgan fingerprint density at radius 3 is 1.38 bits per heavy atom. The Labute approximate surface area is 339 Å². The van der Waals surface area contributed by atoms with Gasteiger partial charge in [-0.15, -0.1) is 0 Å². The van der Waals surface area contributed by atoms with E-state index in [1.165, 1.54) is 74.9 Å². The molecule has 6 aromatic rings. The van der Waals surface area contributed by atoms with E-state index < -0.39 is 63.0 Å². The molecule has 17 heteroatoms. The van der Waals surface area contributed by atoms with Crippen molar-refractivity contribution in [1.82, 2.24) is 7.42 Å². The van der Waals surface area contributed by atoms with Gasteiger partial charge in [0, 0.05) is 30.6 Å². The van der Waals surface area contributed by atoms with Gasteiger partial charge < -0.3 is 14.4 Å². The van der Waals surface area contributed by atoms with Gasteiger partial charge in [0.05, 0.1) is 46.9 Å². The van der Waals surface area contributed by atoms with Crippen LogP contribution >= 0.6 is 0 Å². The molecule has 0 aliphatic rings. The van der Waals surface area contributed by atoms with Gasteiger partial charge in [-0.25, -0.2) is 33.7 Å². The molecule has 0 heterocycles. The van der Waals surface area contributed by atoms with Gasteiger partial charge in [-0.3, -0.25) is 0 Å². The summed E-state index contributed by atoms with van der Waals surface area (Å²) in [6.07, 6.45) is 0. The lowest BCUT2D eigenvalue weighted by Gasteiger charge is -2.25. The number of rotatable bonds is 15. The molecule has 304 valence electrons. The molecule has 0 spiro atoms. The van der Waals surface area contributed by atoms with Gasteiger partial charge in [0.25, 0.3) is 40.1 Å². The summed E-state index contributed by atoms with van der Waals surface area (Å²) in [5, 5.41) is 0.811. The van der Waals surface area contributed by atoms with E-state index in [0.717, 1.165) is 29.8 Å². The Hall–Kier alpha value is -5.30. The summed E-state index contributed by atoms with van der Waals surface area (Å²) in [6.45, 7) is 0.405. The van der Waals surface area contributed by atoms with Crippen LogP contribution in [-0.2, 0) is 53.2 Å². The number of hydrogen-bond acceptors (Lipinski definition) is 11. The van der Waals surface area contributed by atoms with Crippen molar-refractivity contribution in [1.29, 1.82) is 0 Å². The molecule has 0 atom stereocenters. The van der Waals surface area contributed by atoms with Crippen molar-refractivity contribution in [3.63, 3.8) is 0 Å². The number of benzene rings is 6. The molecule has 0 unspecified atom stereocenters. The van der Waals surface area contributed by atoms with Crippen LogP contribution in [0.1, 0.15) is 16.7 Å². The molecule has 0 N–H and O–H groups in total. The zero-order valence-corrected chi connectivity index (χ0v) is 35.4. The second kappa shape index (κ2) is 16.5. The van der Waals surface area contributed by atoms with Crippen LogP contribution in [0.25, 0.3) is 10.8 Å². The summed E-state index contributed by atoms with van der Waals surface area (Å²) in [5.41, 5.74) is 1.99. The molecule has 0 radical (unpaired) electrons. The van der Waals surface area contributed by atoms with Crippen LogP contribution in [0, 0.1) is 6.92 Å². The third-order valence-electron chi connectivity index (χ3n) is 9.35. The minimum atomic E-state index is -5.13. The number of ether oxygens (including phenoxy) is 2. The SMILES string of the molecule is COc1ccc(CN(S(=O)(=O)c2ccc(C)cc2)S(=O)(=O)c2cccc(S(=O)(=O)N(Cc3ccc(OC)cc3)S(=O)(=O)c3cccc4c(N(C)C)cccc34)c2)cc1. The Morgan fingerprint density at radius 2 is 0.897 bits per heavy atom. The van der Waals surface area contributed by atoms with Gasteiger partial charge in [0.15, 0.2) is 0 Å². The Bertz CT molecular complexity index is 2900. The van der Waals surface area contributed by atoms with E-state index >= 15 is 0 Å². The Balaban J connectivity index is 1.50. The molecule has 0 aliphatic carbocycles. The Morgan fingerprint density at radius 1 is 0.466 bits per heavy atom. The van der Waals surface area contributed by atoms with Gasteiger partial charge >= 0.3 is 0 Å². The molecule has 0 aromatic heterocycles. The van der Waals surface area contributed by atoms with Gasteiger partial charge in [-0.2, -0.15) is 0 Å². The standard InChI is InChI=1S/C41H41N3O10S4/c1-30-15-25-35(26-16-30)55(45,46)43(28-31-17-21-33(53-4)22-18-31)56(47,48)36-9-6-10-37(27-36)57(49,50)44(29-32-19-23-34(54-5)24-20-32)58(51,52)41-14-8-11-38-39(41)12-7-13-40(38)42(2)3/h6-27H,28-29H2,1-5H3. The van der Waals surface area contributed by atoms with Crippen molar-refractivity contribution in [2.45, 2.75) is 39.6 Å².